The fourth-order valence-corrected chi connectivity index (χ4v) is 0.773. The van der Waals surface area contributed by atoms with Crippen LogP contribution in [-0.4, -0.2) is 32.0 Å². The van der Waals surface area contributed by atoms with Crippen molar-refractivity contribution in [3.63, 3.8) is 0 Å². The third kappa shape index (κ3) is 8.47. The highest BCUT2D eigenvalue weighted by Gasteiger charge is 2.28. The van der Waals surface area contributed by atoms with E-state index in [0.29, 0.717) is 6.54 Å². The van der Waals surface area contributed by atoms with Crippen molar-refractivity contribution in [3.8, 4) is 5.88 Å². The molecule has 17 heavy (non-hydrogen) atoms. The summed E-state index contributed by atoms with van der Waals surface area (Å²) < 4.78 is 43.8. The van der Waals surface area contributed by atoms with Crippen LogP contribution in [-0.2, 0) is 11.3 Å². The van der Waals surface area contributed by atoms with E-state index in [2.05, 4.69) is 14.5 Å². The first kappa shape index (κ1) is 15.7. The van der Waals surface area contributed by atoms with Crippen molar-refractivity contribution >= 4 is 0 Å². The van der Waals surface area contributed by atoms with E-state index in [4.69, 9.17) is 5.73 Å². The van der Waals surface area contributed by atoms with E-state index in [0.717, 1.165) is 5.56 Å². The molecule has 0 unspecified atom stereocenters. The molecular formula is C10H15F3N2O2. The standard InChI is InChI=1S/C8H9F3N2O.C2H6O/c9-8(10,11)5-14-7-2-1-6(3-12)4-13-7;1-3-2/h1-2,4H,3,5,12H2;1-2H3. The zero-order chi connectivity index (χ0) is 13.3. The minimum Gasteiger partial charge on any atom is -0.468 e. The molecule has 0 radical (unpaired) electrons. The molecule has 0 bridgehead atoms. The summed E-state index contributed by atoms with van der Waals surface area (Å²) in [4.78, 5) is 3.65. The van der Waals surface area contributed by atoms with E-state index >= 15 is 0 Å². The summed E-state index contributed by atoms with van der Waals surface area (Å²) in [7, 11) is 3.25. The van der Waals surface area contributed by atoms with Gasteiger partial charge in [-0.25, -0.2) is 4.98 Å². The maximum atomic E-state index is 11.7. The van der Waals surface area contributed by atoms with Crippen LogP contribution >= 0.6 is 0 Å². The number of rotatable bonds is 3. The van der Waals surface area contributed by atoms with Gasteiger partial charge in [-0.1, -0.05) is 6.07 Å². The Labute approximate surface area is 97.5 Å². The summed E-state index contributed by atoms with van der Waals surface area (Å²) in [5.74, 6) is -0.0560. The van der Waals surface area contributed by atoms with E-state index in [1.807, 2.05) is 0 Å². The van der Waals surface area contributed by atoms with Crippen molar-refractivity contribution in [2.75, 3.05) is 20.8 Å². The highest BCUT2D eigenvalue weighted by molar-refractivity contribution is 5.17. The van der Waals surface area contributed by atoms with Gasteiger partial charge < -0.3 is 15.2 Å². The van der Waals surface area contributed by atoms with Crippen LogP contribution in [0.4, 0.5) is 13.2 Å². The highest BCUT2D eigenvalue weighted by atomic mass is 19.4. The van der Waals surface area contributed by atoms with Gasteiger partial charge >= 0.3 is 6.18 Å². The van der Waals surface area contributed by atoms with E-state index in [1.165, 1.54) is 12.3 Å². The van der Waals surface area contributed by atoms with Crippen LogP contribution < -0.4 is 10.5 Å². The normalized spacial score (nSPS) is 10.5. The van der Waals surface area contributed by atoms with Crippen molar-refractivity contribution in [3.05, 3.63) is 23.9 Å². The van der Waals surface area contributed by atoms with Gasteiger partial charge in [0.2, 0.25) is 5.88 Å². The van der Waals surface area contributed by atoms with Crippen LogP contribution in [0, 0.1) is 0 Å². The molecule has 1 heterocycles. The number of hydrogen-bond donors (Lipinski definition) is 1. The van der Waals surface area contributed by atoms with Gasteiger partial charge in [-0.05, 0) is 5.56 Å². The molecule has 0 amide bonds. The number of hydrogen-bond acceptors (Lipinski definition) is 4. The number of nitrogens with two attached hydrogens (primary N) is 1. The van der Waals surface area contributed by atoms with E-state index in [-0.39, 0.29) is 5.88 Å². The molecule has 2 N–H and O–H groups in total. The first-order chi connectivity index (χ1) is 7.92. The molecule has 98 valence electrons. The maximum Gasteiger partial charge on any atom is 0.422 e. The Bertz CT molecular complexity index is 301. The minimum absolute atomic E-state index is 0.0560. The third-order valence-corrected chi connectivity index (χ3v) is 1.42. The Morgan fingerprint density at radius 2 is 1.88 bits per heavy atom. The first-order valence-corrected chi connectivity index (χ1v) is 4.67. The van der Waals surface area contributed by atoms with Crippen LogP contribution in [0.5, 0.6) is 5.88 Å². The third-order valence-electron chi connectivity index (χ3n) is 1.42. The average molecular weight is 252 g/mol. The Morgan fingerprint density at radius 3 is 2.24 bits per heavy atom. The second-order valence-corrected chi connectivity index (χ2v) is 3.02. The quantitative estimate of drug-likeness (QED) is 0.890. The van der Waals surface area contributed by atoms with Gasteiger partial charge in [0.05, 0.1) is 0 Å². The summed E-state index contributed by atoms with van der Waals surface area (Å²) in [5, 5.41) is 0. The Morgan fingerprint density at radius 1 is 1.29 bits per heavy atom. The van der Waals surface area contributed by atoms with Crippen molar-refractivity contribution in [1.29, 1.82) is 0 Å². The topological polar surface area (TPSA) is 57.4 Å². The predicted octanol–water partition coefficient (Wildman–Crippen LogP) is 1.74. The Kier molecular flexibility index (Phi) is 7.24. The van der Waals surface area contributed by atoms with Gasteiger partial charge in [0.1, 0.15) is 0 Å². The molecule has 4 nitrogen and oxygen atoms in total. The number of methoxy groups -OCH3 is 1. The lowest BCUT2D eigenvalue weighted by Crippen LogP contribution is -2.19. The second kappa shape index (κ2) is 7.86. The van der Waals surface area contributed by atoms with Crippen LogP contribution in [0.1, 0.15) is 5.56 Å². The largest absolute Gasteiger partial charge is 0.468 e. The number of ether oxygens (including phenoxy) is 2. The zero-order valence-electron chi connectivity index (χ0n) is 9.62. The molecule has 0 spiro atoms. The van der Waals surface area contributed by atoms with Crippen LogP contribution in [0.2, 0.25) is 0 Å². The number of nitrogens with zero attached hydrogens (tertiary/aromatic N) is 1. The van der Waals surface area contributed by atoms with E-state index in [9.17, 15) is 13.2 Å². The Hall–Kier alpha value is -1.34. The summed E-state index contributed by atoms with van der Waals surface area (Å²) in [6, 6.07) is 2.92. The monoisotopic (exact) mass is 252 g/mol. The van der Waals surface area contributed by atoms with Gasteiger partial charge in [0.25, 0.3) is 0 Å². The summed E-state index contributed by atoms with van der Waals surface area (Å²) >= 11 is 0. The minimum atomic E-state index is -4.34. The molecule has 0 aliphatic carbocycles. The highest BCUT2D eigenvalue weighted by Crippen LogP contribution is 2.16. The summed E-state index contributed by atoms with van der Waals surface area (Å²) in [5.41, 5.74) is 6.02. The number of aromatic nitrogens is 1. The van der Waals surface area contributed by atoms with E-state index < -0.39 is 12.8 Å². The molecule has 1 aromatic heterocycles. The van der Waals surface area contributed by atoms with Crippen molar-refractivity contribution in [2.24, 2.45) is 5.73 Å². The first-order valence-electron chi connectivity index (χ1n) is 4.67. The fraction of sp³-hybridized carbons (Fsp3) is 0.500. The lowest BCUT2D eigenvalue weighted by atomic mass is 10.3. The molecule has 0 aliphatic heterocycles. The molecule has 0 aliphatic rings. The maximum absolute atomic E-state index is 11.7. The molecule has 1 aromatic rings. The number of alkyl halides is 3. The van der Waals surface area contributed by atoms with Crippen LogP contribution in [0.15, 0.2) is 18.3 Å². The lowest BCUT2D eigenvalue weighted by molar-refractivity contribution is -0.154. The summed E-state index contributed by atoms with van der Waals surface area (Å²) in [6.07, 6.45) is -2.96. The van der Waals surface area contributed by atoms with Crippen molar-refractivity contribution in [1.82, 2.24) is 4.98 Å². The fourth-order valence-electron chi connectivity index (χ4n) is 0.773. The second-order valence-electron chi connectivity index (χ2n) is 3.02. The van der Waals surface area contributed by atoms with Gasteiger partial charge in [-0.2, -0.15) is 13.2 Å². The number of pyridine rings is 1. The predicted molar refractivity (Wildman–Crippen MR) is 56.6 cm³/mol. The molecule has 7 heteroatoms. The molecule has 0 aromatic carbocycles. The molecular weight excluding hydrogens is 237 g/mol. The van der Waals surface area contributed by atoms with Crippen LogP contribution in [0.3, 0.4) is 0 Å². The van der Waals surface area contributed by atoms with Crippen molar-refractivity contribution in [2.45, 2.75) is 12.7 Å². The smallest absolute Gasteiger partial charge is 0.422 e. The Balaban J connectivity index is 0.000000770. The SMILES string of the molecule is COC.NCc1ccc(OCC(F)(F)F)nc1. The van der Waals surface area contributed by atoms with Crippen LogP contribution in [0.25, 0.3) is 0 Å². The average Bonchev–Trinajstić information content (AvgIpc) is 2.27. The van der Waals surface area contributed by atoms with Gasteiger partial charge in [-0.15, -0.1) is 0 Å². The lowest BCUT2D eigenvalue weighted by Gasteiger charge is -2.07. The molecule has 0 atom stereocenters. The summed E-state index contributed by atoms with van der Waals surface area (Å²) in [6.45, 7) is -1.03. The van der Waals surface area contributed by atoms with Crippen molar-refractivity contribution < 1.29 is 22.6 Å². The molecule has 0 saturated heterocycles. The van der Waals surface area contributed by atoms with Gasteiger partial charge in [-0.3, -0.25) is 0 Å². The molecule has 0 saturated carbocycles. The molecule has 0 fully saturated rings. The zero-order valence-corrected chi connectivity index (χ0v) is 9.62. The van der Waals surface area contributed by atoms with E-state index in [1.54, 1.807) is 20.3 Å². The van der Waals surface area contributed by atoms with Gasteiger partial charge in [0.15, 0.2) is 6.61 Å². The van der Waals surface area contributed by atoms with Gasteiger partial charge in [0, 0.05) is 33.0 Å². The number of halogens is 3. The molecule has 1 rings (SSSR count).